The number of halogens is 2. The molecule has 0 aliphatic carbocycles. The van der Waals surface area contributed by atoms with Gasteiger partial charge >= 0.3 is 5.97 Å². The van der Waals surface area contributed by atoms with Crippen LogP contribution in [0, 0.1) is 0 Å². The second-order valence-corrected chi connectivity index (χ2v) is 6.35. The minimum absolute atomic E-state index is 0.356. The number of alkyl halides is 2. The lowest BCUT2D eigenvalue weighted by molar-refractivity contribution is -0.141. The van der Waals surface area contributed by atoms with E-state index in [2.05, 4.69) is 38.4 Å². The van der Waals surface area contributed by atoms with Gasteiger partial charge in [0.1, 0.15) is 0 Å². The van der Waals surface area contributed by atoms with Crippen molar-refractivity contribution < 1.29 is 9.53 Å². The van der Waals surface area contributed by atoms with Gasteiger partial charge < -0.3 is 4.74 Å². The van der Waals surface area contributed by atoms with Gasteiger partial charge in [0.2, 0.25) is 3.42 Å². The number of esters is 1. The van der Waals surface area contributed by atoms with Gasteiger partial charge in [-0.1, -0.05) is 36.9 Å². The van der Waals surface area contributed by atoms with E-state index in [1.165, 1.54) is 0 Å². The van der Waals surface area contributed by atoms with Crippen molar-refractivity contribution in [1.29, 1.82) is 0 Å². The first kappa shape index (κ1) is 12.5. The molecule has 0 atom stereocenters. The lowest BCUT2D eigenvalue weighted by atomic mass is 10.2. The molecule has 0 N–H and O–H groups in total. The van der Waals surface area contributed by atoms with Gasteiger partial charge in [-0.3, -0.25) is 0 Å². The van der Waals surface area contributed by atoms with E-state index in [0.717, 1.165) is 5.56 Å². The van der Waals surface area contributed by atoms with Crippen molar-refractivity contribution in [2.45, 2.75) is 10.3 Å². The molecule has 1 aromatic rings. The molecule has 1 aromatic carbocycles. The maximum Gasteiger partial charge on any atom is 0.335 e. The highest BCUT2D eigenvalue weighted by Gasteiger charge is 2.29. The van der Waals surface area contributed by atoms with Crippen molar-refractivity contribution in [2.24, 2.45) is 0 Å². The molecule has 0 aliphatic heterocycles. The van der Waals surface area contributed by atoms with Gasteiger partial charge in [-0.25, -0.2) is 4.79 Å². The Morgan fingerprint density at radius 3 is 2.33 bits per heavy atom. The summed E-state index contributed by atoms with van der Waals surface area (Å²) < 4.78 is 4.19. The van der Waals surface area contributed by atoms with Crippen LogP contribution in [0.3, 0.4) is 0 Å². The van der Waals surface area contributed by atoms with Crippen LogP contribution in [0.1, 0.15) is 12.5 Å². The fourth-order valence-electron chi connectivity index (χ4n) is 0.895. The van der Waals surface area contributed by atoms with Gasteiger partial charge in [-0.05, 0) is 38.8 Å². The number of hydrogen-bond donors (Lipinski definition) is 0. The Hall–Kier alpha value is -0.610. The summed E-state index contributed by atoms with van der Waals surface area (Å²) >= 11 is 6.58. The van der Waals surface area contributed by atoms with Gasteiger partial charge in [0.15, 0.2) is 0 Å². The fraction of sp³-hybridized carbons (Fsp3) is 0.182. The van der Waals surface area contributed by atoms with Crippen LogP contribution in [0.25, 0.3) is 0 Å². The van der Waals surface area contributed by atoms with Gasteiger partial charge in [0, 0.05) is 11.1 Å². The lowest BCUT2D eigenvalue weighted by Crippen LogP contribution is -2.19. The molecule has 1 rings (SSSR count). The van der Waals surface area contributed by atoms with Crippen LogP contribution >= 0.6 is 31.9 Å². The molecule has 0 spiro atoms. The second-order valence-electron chi connectivity index (χ2n) is 3.05. The number of benzene rings is 1. The van der Waals surface area contributed by atoms with E-state index in [4.69, 9.17) is 4.74 Å². The summed E-state index contributed by atoms with van der Waals surface area (Å²) in [7, 11) is 0. The summed E-state index contributed by atoms with van der Waals surface area (Å²) in [5.41, 5.74) is 1.16. The smallest absolute Gasteiger partial charge is 0.335 e. The third-order valence-corrected chi connectivity index (χ3v) is 2.92. The van der Waals surface area contributed by atoms with Crippen LogP contribution in [0.2, 0.25) is 0 Å². The summed E-state index contributed by atoms with van der Waals surface area (Å²) in [6.07, 6.45) is 0. The molecule has 0 fully saturated rings. The Morgan fingerprint density at radius 2 is 1.87 bits per heavy atom. The highest BCUT2D eigenvalue weighted by molar-refractivity contribution is 9.24. The normalized spacial score (nSPS) is 10.9. The number of ether oxygens (including phenoxy) is 1. The second kappa shape index (κ2) is 4.94. The lowest BCUT2D eigenvalue weighted by Gasteiger charge is -2.21. The highest BCUT2D eigenvalue weighted by atomic mass is 79.9. The van der Waals surface area contributed by atoms with E-state index in [1.807, 2.05) is 30.3 Å². The zero-order chi connectivity index (χ0) is 11.5. The van der Waals surface area contributed by atoms with E-state index >= 15 is 0 Å². The predicted molar refractivity (Wildman–Crippen MR) is 66.9 cm³/mol. The minimum Gasteiger partial charge on any atom is -0.429 e. The van der Waals surface area contributed by atoms with Crippen molar-refractivity contribution in [1.82, 2.24) is 0 Å². The molecule has 0 amide bonds. The number of carbonyl (C=O) groups excluding carboxylic acids is 1. The minimum atomic E-state index is -0.989. The summed E-state index contributed by atoms with van der Waals surface area (Å²) in [6.45, 7) is 5.12. The van der Waals surface area contributed by atoms with Crippen LogP contribution in [0.5, 0.6) is 0 Å². The van der Waals surface area contributed by atoms with Gasteiger partial charge in [-0.2, -0.15) is 0 Å². The van der Waals surface area contributed by atoms with E-state index < -0.39 is 9.39 Å². The van der Waals surface area contributed by atoms with Crippen LogP contribution in [-0.2, 0) is 13.0 Å². The summed E-state index contributed by atoms with van der Waals surface area (Å²) in [6, 6.07) is 9.30. The van der Waals surface area contributed by atoms with Crippen molar-refractivity contribution in [3.05, 3.63) is 48.0 Å². The van der Waals surface area contributed by atoms with E-state index in [1.54, 1.807) is 6.92 Å². The Morgan fingerprint density at radius 1 is 1.33 bits per heavy atom. The third-order valence-electron chi connectivity index (χ3n) is 1.68. The largest absolute Gasteiger partial charge is 0.429 e. The van der Waals surface area contributed by atoms with E-state index in [0.29, 0.717) is 5.57 Å². The Balaban J connectivity index is 2.85. The van der Waals surface area contributed by atoms with Crippen LogP contribution in [0.4, 0.5) is 0 Å². The first-order valence-electron chi connectivity index (χ1n) is 4.25. The average molecular weight is 334 g/mol. The first-order valence-corrected chi connectivity index (χ1v) is 5.84. The van der Waals surface area contributed by atoms with E-state index in [-0.39, 0.29) is 0 Å². The molecule has 0 heterocycles. The van der Waals surface area contributed by atoms with E-state index in [9.17, 15) is 4.79 Å². The van der Waals surface area contributed by atoms with Crippen LogP contribution in [-0.4, -0.2) is 5.97 Å². The van der Waals surface area contributed by atoms with Crippen molar-refractivity contribution in [2.75, 3.05) is 0 Å². The Bertz CT molecular complexity index is 371. The zero-order valence-corrected chi connectivity index (χ0v) is 11.3. The molecule has 0 saturated carbocycles. The predicted octanol–water partition coefficient (Wildman–Crippen LogP) is 3.71. The summed E-state index contributed by atoms with van der Waals surface area (Å²) in [4.78, 5) is 11.4. The van der Waals surface area contributed by atoms with Crippen LogP contribution in [0.15, 0.2) is 42.5 Å². The number of hydrogen-bond acceptors (Lipinski definition) is 2. The van der Waals surface area contributed by atoms with Crippen molar-refractivity contribution >= 4 is 37.8 Å². The SMILES string of the molecule is C=C(C)C(=O)OC(Br)(Br)c1ccccc1. The zero-order valence-electron chi connectivity index (χ0n) is 8.17. The third kappa shape index (κ3) is 3.47. The number of rotatable bonds is 3. The maximum atomic E-state index is 11.4. The van der Waals surface area contributed by atoms with Gasteiger partial charge in [-0.15, -0.1) is 0 Å². The van der Waals surface area contributed by atoms with Gasteiger partial charge in [0.25, 0.3) is 0 Å². The van der Waals surface area contributed by atoms with Gasteiger partial charge in [0.05, 0.1) is 0 Å². The topological polar surface area (TPSA) is 26.3 Å². The molecule has 0 radical (unpaired) electrons. The summed E-state index contributed by atoms with van der Waals surface area (Å²) in [5.74, 6) is -0.451. The Kier molecular flexibility index (Phi) is 4.11. The molecular weight excluding hydrogens is 324 g/mol. The van der Waals surface area contributed by atoms with Crippen molar-refractivity contribution in [3.63, 3.8) is 0 Å². The van der Waals surface area contributed by atoms with Crippen molar-refractivity contribution in [3.8, 4) is 0 Å². The molecule has 0 bridgehead atoms. The molecule has 0 aromatic heterocycles. The quantitative estimate of drug-likeness (QED) is 0.479. The molecule has 4 heteroatoms. The molecule has 0 saturated heterocycles. The Labute approximate surface area is 106 Å². The first-order chi connectivity index (χ1) is 6.93. The standard InChI is InChI=1S/C11H10Br2O2/c1-8(2)10(14)15-11(12,13)9-6-4-3-5-7-9/h3-7H,1H2,2H3. The fourth-order valence-corrected chi connectivity index (χ4v) is 1.72. The molecule has 0 unspecified atom stereocenters. The summed E-state index contributed by atoms with van der Waals surface area (Å²) in [5, 5.41) is 0. The van der Waals surface area contributed by atoms with Crippen LogP contribution < -0.4 is 0 Å². The molecule has 80 valence electrons. The molecule has 15 heavy (non-hydrogen) atoms. The molecule has 2 nitrogen and oxygen atoms in total. The monoisotopic (exact) mass is 332 g/mol. The molecular formula is C11H10Br2O2. The number of carbonyl (C=O) groups is 1. The molecule has 0 aliphatic rings. The highest BCUT2D eigenvalue weighted by Crippen LogP contribution is 2.39. The maximum absolute atomic E-state index is 11.4. The average Bonchev–Trinajstić information content (AvgIpc) is 2.18.